The first-order chi connectivity index (χ1) is 5.77. The van der Waals surface area contributed by atoms with Crippen molar-refractivity contribution in [3.05, 3.63) is 22.3 Å². The third-order valence-corrected chi connectivity index (χ3v) is 1.86. The quantitative estimate of drug-likeness (QED) is 0.746. The molecule has 0 atom stereocenters. The third kappa shape index (κ3) is 1.94. The highest BCUT2D eigenvalue weighted by molar-refractivity contribution is 9.10. The maximum absolute atomic E-state index is 8.66. The molecule has 0 spiro atoms. The van der Waals surface area contributed by atoms with Gasteiger partial charge >= 0.3 is 0 Å². The van der Waals surface area contributed by atoms with Crippen LogP contribution in [-0.4, -0.2) is 12.0 Å². The Kier molecular flexibility index (Phi) is 3.02. The lowest BCUT2D eigenvalue weighted by Gasteiger charge is -2.02. The summed E-state index contributed by atoms with van der Waals surface area (Å²) in [6.07, 6.45) is 1.58. The third-order valence-electron chi connectivity index (χ3n) is 1.23. The van der Waals surface area contributed by atoms with Gasteiger partial charge in [0.05, 0.1) is 10.0 Å². The lowest BCUT2D eigenvalue weighted by Crippen LogP contribution is -2.16. The molecule has 0 unspecified atom stereocenters. The van der Waals surface area contributed by atoms with Crippen LogP contribution in [0.2, 0.25) is 0 Å². The number of hydrogen-bond acceptors (Lipinski definition) is 4. The summed E-state index contributed by atoms with van der Waals surface area (Å²) in [6, 6.07) is 3.69. The molecule has 0 aliphatic carbocycles. The van der Waals surface area contributed by atoms with E-state index in [0.29, 0.717) is 15.9 Å². The fraction of sp³-hybridized carbons (Fsp3) is 0.143. The van der Waals surface area contributed by atoms with E-state index in [-0.39, 0.29) is 0 Å². The number of hydrogen-bond donors (Lipinski definition) is 2. The molecule has 62 valence electrons. The summed E-state index contributed by atoms with van der Waals surface area (Å²) < 4.78 is 0.701. The molecule has 1 aromatic heterocycles. The lowest BCUT2D eigenvalue weighted by molar-refractivity contribution is 0.964. The fourth-order valence-electron chi connectivity index (χ4n) is 0.721. The smallest absolute Gasteiger partial charge is 0.141 e. The Bertz CT molecular complexity index is 318. The molecule has 0 aliphatic rings. The van der Waals surface area contributed by atoms with Crippen LogP contribution in [0.25, 0.3) is 0 Å². The van der Waals surface area contributed by atoms with Gasteiger partial charge in [0.25, 0.3) is 0 Å². The lowest BCUT2D eigenvalue weighted by atomic mass is 10.3. The van der Waals surface area contributed by atoms with Crippen LogP contribution in [0.4, 0.5) is 5.82 Å². The van der Waals surface area contributed by atoms with Gasteiger partial charge in [0, 0.05) is 19.3 Å². The van der Waals surface area contributed by atoms with Gasteiger partial charge in [0.2, 0.25) is 0 Å². The highest BCUT2D eigenvalue weighted by Crippen LogP contribution is 2.16. The maximum Gasteiger partial charge on any atom is 0.141 e. The summed E-state index contributed by atoms with van der Waals surface area (Å²) >= 11 is 3.21. The van der Waals surface area contributed by atoms with Gasteiger partial charge < -0.3 is 5.43 Å². The SMILES string of the molecule is CNNc1cc(C#N)c(Br)cn1. The van der Waals surface area contributed by atoms with Crippen molar-refractivity contribution in [3.8, 4) is 6.07 Å². The summed E-state index contributed by atoms with van der Waals surface area (Å²) in [5.41, 5.74) is 6.05. The molecule has 12 heavy (non-hydrogen) atoms. The van der Waals surface area contributed by atoms with E-state index in [1.165, 1.54) is 0 Å². The van der Waals surface area contributed by atoms with Crippen molar-refractivity contribution < 1.29 is 0 Å². The topological polar surface area (TPSA) is 60.7 Å². The predicted octanol–water partition coefficient (Wildman–Crippen LogP) is 1.26. The van der Waals surface area contributed by atoms with Gasteiger partial charge in [0.1, 0.15) is 11.9 Å². The summed E-state index contributed by atoms with van der Waals surface area (Å²) in [7, 11) is 1.73. The van der Waals surface area contributed by atoms with Crippen molar-refractivity contribution in [2.45, 2.75) is 0 Å². The van der Waals surface area contributed by atoms with Crippen LogP contribution in [0.3, 0.4) is 0 Å². The van der Waals surface area contributed by atoms with E-state index < -0.39 is 0 Å². The first-order valence-corrected chi connectivity index (χ1v) is 4.05. The van der Waals surface area contributed by atoms with E-state index in [1.807, 2.05) is 6.07 Å². The molecule has 0 aliphatic heterocycles. The van der Waals surface area contributed by atoms with Gasteiger partial charge in [-0.15, -0.1) is 0 Å². The van der Waals surface area contributed by atoms with Crippen molar-refractivity contribution >= 4 is 21.7 Å². The Balaban J connectivity index is 2.99. The number of rotatable bonds is 2. The first-order valence-electron chi connectivity index (χ1n) is 3.26. The van der Waals surface area contributed by atoms with Gasteiger partial charge in [-0.3, -0.25) is 0 Å². The predicted molar refractivity (Wildman–Crippen MR) is 49.3 cm³/mol. The molecule has 0 bridgehead atoms. The van der Waals surface area contributed by atoms with E-state index in [4.69, 9.17) is 5.26 Å². The van der Waals surface area contributed by atoms with E-state index >= 15 is 0 Å². The number of hydrazine groups is 1. The Morgan fingerprint density at radius 2 is 2.42 bits per heavy atom. The number of anilines is 1. The number of aromatic nitrogens is 1. The number of pyridine rings is 1. The van der Waals surface area contributed by atoms with Crippen molar-refractivity contribution in [3.63, 3.8) is 0 Å². The van der Waals surface area contributed by atoms with E-state index in [2.05, 4.69) is 31.8 Å². The van der Waals surface area contributed by atoms with Crippen LogP contribution in [-0.2, 0) is 0 Å². The van der Waals surface area contributed by atoms with Crippen LogP contribution in [0, 0.1) is 11.3 Å². The summed E-state index contributed by atoms with van der Waals surface area (Å²) in [6.45, 7) is 0. The second-order valence-electron chi connectivity index (χ2n) is 2.04. The second kappa shape index (κ2) is 4.04. The molecule has 0 saturated heterocycles. The van der Waals surface area contributed by atoms with Gasteiger partial charge in [-0.05, 0) is 15.9 Å². The molecule has 4 nitrogen and oxygen atoms in total. The highest BCUT2D eigenvalue weighted by Gasteiger charge is 2.00. The van der Waals surface area contributed by atoms with Gasteiger partial charge in [-0.1, -0.05) is 0 Å². The minimum atomic E-state index is 0.558. The van der Waals surface area contributed by atoms with Crippen molar-refractivity contribution in [2.75, 3.05) is 12.5 Å². The van der Waals surface area contributed by atoms with Gasteiger partial charge in [-0.2, -0.15) is 5.26 Å². The van der Waals surface area contributed by atoms with E-state index in [0.717, 1.165) is 0 Å². The van der Waals surface area contributed by atoms with Crippen LogP contribution < -0.4 is 10.9 Å². The van der Waals surface area contributed by atoms with Crippen molar-refractivity contribution in [1.82, 2.24) is 10.4 Å². The average molecular weight is 227 g/mol. The molecule has 0 radical (unpaired) electrons. The zero-order valence-corrected chi connectivity index (χ0v) is 8.01. The molecule has 0 fully saturated rings. The molecule has 0 aromatic carbocycles. The van der Waals surface area contributed by atoms with Crippen LogP contribution >= 0.6 is 15.9 Å². The number of halogens is 1. The van der Waals surface area contributed by atoms with Crippen LogP contribution in [0.15, 0.2) is 16.7 Å². The summed E-state index contributed by atoms with van der Waals surface area (Å²) in [5, 5.41) is 8.66. The fourth-order valence-corrected chi connectivity index (χ4v) is 1.03. The van der Waals surface area contributed by atoms with Crippen LogP contribution in [0.5, 0.6) is 0 Å². The molecule has 0 amide bonds. The Labute approximate surface area is 78.7 Å². The molecule has 1 rings (SSSR count). The molecule has 1 aromatic rings. The minimum Gasteiger partial charge on any atom is -0.306 e. The van der Waals surface area contributed by atoms with Crippen LogP contribution in [0.1, 0.15) is 5.56 Å². The molecular formula is C7H7BrN4. The zero-order chi connectivity index (χ0) is 8.97. The van der Waals surface area contributed by atoms with Gasteiger partial charge in [0.15, 0.2) is 0 Å². The largest absolute Gasteiger partial charge is 0.306 e. The monoisotopic (exact) mass is 226 g/mol. The molecular weight excluding hydrogens is 220 g/mol. The molecule has 0 saturated carbocycles. The Morgan fingerprint density at radius 3 is 3.00 bits per heavy atom. The first kappa shape index (κ1) is 8.97. The second-order valence-corrected chi connectivity index (χ2v) is 2.89. The maximum atomic E-state index is 8.66. The molecule has 2 N–H and O–H groups in total. The van der Waals surface area contributed by atoms with Crippen molar-refractivity contribution in [2.24, 2.45) is 0 Å². The molecule has 5 heteroatoms. The highest BCUT2D eigenvalue weighted by atomic mass is 79.9. The zero-order valence-electron chi connectivity index (χ0n) is 6.43. The summed E-state index contributed by atoms with van der Waals surface area (Å²) in [5.74, 6) is 0.622. The Hall–Kier alpha value is -1.12. The standard InChI is InChI=1S/C7H7BrN4/c1-10-12-7-2-5(3-9)6(8)4-11-7/h2,4,10H,1H3,(H,11,12). The number of nitriles is 1. The Morgan fingerprint density at radius 1 is 1.67 bits per heavy atom. The minimum absolute atomic E-state index is 0.558. The number of nitrogens with one attached hydrogen (secondary N) is 2. The van der Waals surface area contributed by atoms with Gasteiger partial charge in [-0.25, -0.2) is 10.4 Å². The average Bonchev–Trinajstić information content (AvgIpc) is 2.09. The normalized spacial score (nSPS) is 9.08. The number of nitrogens with zero attached hydrogens (tertiary/aromatic N) is 2. The van der Waals surface area contributed by atoms with Crippen molar-refractivity contribution in [1.29, 1.82) is 5.26 Å². The summed E-state index contributed by atoms with van der Waals surface area (Å²) in [4.78, 5) is 4.01. The van der Waals surface area contributed by atoms with E-state index in [9.17, 15) is 0 Å². The molecule has 1 heterocycles. The van der Waals surface area contributed by atoms with E-state index in [1.54, 1.807) is 19.3 Å².